The number of aromatic nitrogens is 2. The molecule has 1 aromatic heterocycles. The predicted molar refractivity (Wildman–Crippen MR) is 90.5 cm³/mol. The number of fused-ring (bicyclic) bond motifs is 1. The number of halogens is 1. The second-order valence-electron chi connectivity index (χ2n) is 5.59. The highest BCUT2D eigenvalue weighted by Crippen LogP contribution is 2.16. The lowest BCUT2D eigenvalue weighted by molar-refractivity contribution is -0.114. The van der Waals surface area contributed by atoms with E-state index < -0.39 is 0 Å². The van der Waals surface area contributed by atoms with Gasteiger partial charge in [-0.25, -0.2) is 9.37 Å². The summed E-state index contributed by atoms with van der Waals surface area (Å²) in [4.78, 5) is 28.4. The molecule has 0 radical (unpaired) electrons. The maximum absolute atomic E-state index is 13.0. The van der Waals surface area contributed by atoms with Gasteiger partial charge in [-0.1, -0.05) is 12.1 Å². The Bertz CT molecular complexity index is 978. The summed E-state index contributed by atoms with van der Waals surface area (Å²) in [6.07, 6.45) is 0. The van der Waals surface area contributed by atoms with Crippen LogP contribution in [0.4, 0.5) is 10.1 Å². The minimum atomic E-state index is -0.320. The average molecular weight is 325 g/mol. The van der Waals surface area contributed by atoms with Crippen molar-refractivity contribution in [2.75, 3.05) is 5.32 Å². The fourth-order valence-electron chi connectivity index (χ4n) is 2.57. The molecular weight excluding hydrogens is 309 g/mol. The first-order valence-corrected chi connectivity index (χ1v) is 7.47. The summed E-state index contributed by atoms with van der Waals surface area (Å²) in [5, 5.41) is 3.08. The highest BCUT2D eigenvalue weighted by molar-refractivity contribution is 5.92. The number of aryl methyl sites for hydroxylation is 1. The van der Waals surface area contributed by atoms with Crippen LogP contribution < -0.4 is 10.9 Å². The van der Waals surface area contributed by atoms with E-state index in [1.54, 1.807) is 37.3 Å². The topological polar surface area (TPSA) is 64.0 Å². The molecule has 0 saturated carbocycles. The zero-order chi connectivity index (χ0) is 17.3. The largest absolute Gasteiger partial charge is 0.326 e. The third-order valence-electron chi connectivity index (χ3n) is 3.72. The molecule has 0 unspecified atom stereocenters. The molecular formula is C18H16FN3O2. The Kier molecular flexibility index (Phi) is 4.12. The molecule has 0 fully saturated rings. The van der Waals surface area contributed by atoms with E-state index in [1.807, 2.05) is 0 Å². The van der Waals surface area contributed by atoms with E-state index in [-0.39, 0.29) is 17.3 Å². The summed E-state index contributed by atoms with van der Waals surface area (Å²) in [5.41, 5.74) is 1.72. The van der Waals surface area contributed by atoms with Gasteiger partial charge in [-0.2, -0.15) is 0 Å². The van der Waals surface area contributed by atoms with Crippen molar-refractivity contribution in [2.45, 2.75) is 20.4 Å². The number of amides is 1. The lowest BCUT2D eigenvalue weighted by Gasteiger charge is -2.12. The monoisotopic (exact) mass is 325 g/mol. The van der Waals surface area contributed by atoms with Gasteiger partial charge in [-0.15, -0.1) is 0 Å². The van der Waals surface area contributed by atoms with Gasteiger partial charge in [0, 0.05) is 12.6 Å². The van der Waals surface area contributed by atoms with E-state index in [9.17, 15) is 14.0 Å². The summed E-state index contributed by atoms with van der Waals surface area (Å²) in [6, 6.07) is 11.0. The van der Waals surface area contributed by atoms with Gasteiger partial charge in [-0.05, 0) is 42.8 Å². The van der Waals surface area contributed by atoms with Gasteiger partial charge in [0.05, 0.1) is 17.4 Å². The molecule has 6 heteroatoms. The third-order valence-corrected chi connectivity index (χ3v) is 3.72. The highest BCUT2D eigenvalue weighted by atomic mass is 19.1. The van der Waals surface area contributed by atoms with Crippen molar-refractivity contribution < 1.29 is 9.18 Å². The first kappa shape index (κ1) is 15.9. The summed E-state index contributed by atoms with van der Waals surface area (Å²) >= 11 is 0. The number of carbonyl (C=O) groups is 1. The van der Waals surface area contributed by atoms with Crippen LogP contribution in [0, 0.1) is 12.7 Å². The number of hydrogen-bond donors (Lipinski definition) is 1. The van der Waals surface area contributed by atoms with Crippen molar-refractivity contribution in [1.29, 1.82) is 0 Å². The normalized spacial score (nSPS) is 10.8. The fourth-order valence-corrected chi connectivity index (χ4v) is 2.57. The molecule has 122 valence electrons. The first-order chi connectivity index (χ1) is 11.4. The molecule has 0 atom stereocenters. The molecule has 0 saturated heterocycles. The number of anilines is 1. The van der Waals surface area contributed by atoms with E-state index in [0.29, 0.717) is 29.0 Å². The number of nitrogens with zero attached hydrogens (tertiary/aromatic N) is 2. The summed E-state index contributed by atoms with van der Waals surface area (Å²) < 4.78 is 14.6. The summed E-state index contributed by atoms with van der Waals surface area (Å²) in [5.74, 6) is 0.0459. The zero-order valence-electron chi connectivity index (χ0n) is 13.3. The number of rotatable bonds is 3. The van der Waals surface area contributed by atoms with E-state index in [2.05, 4.69) is 10.3 Å². The summed E-state index contributed by atoms with van der Waals surface area (Å²) in [6.45, 7) is 3.47. The first-order valence-electron chi connectivity index (χ1n) is 7.47. The molecule has 1 heterocycles. The molecule has 2 aromatic carbocycles. The van der Waals surface area contributed by atoms with Crippen LogP contribution in [0.5, 0.6) is 0 Å². The van der Waals surface area contributed by atoms with Gasteiger partial charge in [0.1, 0.15) is 11.6 Å². The lowest BCUT2D eigenvalue weighted by atomic mass is 10.2. The molecule has 0 spiro atoms. The van der Waals surface area contributed by atoms with Crippen LogP contribution in [-0.4, -0.2) is 15.5 Å². The summed E-state index contributed by atoms with van der Waals surface area (Å²) in [7, 11) is 0. The number of nitrogens with one attached hydrogen (secondary N) is 1. The molecule has 1 N–H and O–H groups in total. The number of benzene rings is 2. The molecule has 0 aliphatic carbocycles. The van der Waals surface area contributed by atoms with Crippen LogP contribution in [0.3, 0.4) is 0 Å². The van der Waals surface area contributed by atoms with Crippen LogP contribution in [0.1, 0.15) is 18.3 Å². The Hall–Kier alpha value is -3.02. The Balaban J connectivity index is 2.08. The molecule has 5 nitrogen and oxygen atoms in total. The van der Waals surface area contributed by atoms with E-state index in [4.69, 9.17) is 0 Å². The van der Waals surface area contributed by atoms with Crippen molar-refractivity contribution in [2.24, 2.45) is 0 Å². The third kappa shape index (κ3) is 3.17. The SMILES string of the molecule is CC(=O)Nc1ccc2nc(C)n(Cc3ccc(F)cc3)c(=O)c2c1. The van der Waals surface area contributed by atoms with E-state index in [1.165, 1.54) is 23.6 Å². The minimum Gasteiger partial charge on any atom is -0.326 e. The Labute approximate surface area is 137 Å². The lowest BCUT2D eigenvalue weighted by Crippen LogP contribution is -2.24. The predicted octanol–water partition coefficient (Wildman–Crippen LogP) is 2.85. The molecule has 0 aliphatic heterocycles. The van der Waals surface area contributed by atoms with Crippen molar-refractivity contribution in [3.63, 3.8) is 0 Å². The van der Waals surface area contributed by atoms with Crippen LogP contribution in [-0.2, 0) is 11.3 Å². The van der Waals surface area contributed by atoms with E-state index >= 15 is 0 Å². The van der Waals surface area contributed by atoms with Crippen molar-refractivity contribution in [3.8, 4) is 0 Å². The standard InChI is InChI=1S/C18H16FN3O2/c1-11-20-17-8-7-15(21-12(2)23)9-16(17)18(24)22(11)10-13-3-5-14(19)6-4-13/h3-9H,10H2,1-2H3,(H,21,23). The maximum atomic E-state index is 13.0. The molecule has 3 rings (SSSR count). The van der Waals surface area contributed by atoms with Gasteiger partial charge in [0.2, 0.25) is 5.91 Å². The van der Waals surface area contributed by atoms with Crippen LogP contribution in [0.25, 0.3) is 10.9 Å². The molecule has 3 aromatic rings. The smallest absolute Gasteiger partial charge is 0.261 e. The number of hydrogen-bond acceptors (Lipinski definition) is 3. The van der Waals surface area contributed by atoms with Crippen LogP contribution in [0.2, 0.25) is 0 Å². The van der Waals surface area contributed by atoms with Crippen LogP contribution in [0.15, 0.2) is 47.3 Å². The minimum absolute atomic E-state index is 0.200. The van der Waals surface area contributed by atoms with Crippen molar-refractivity contribution >= 4 is 22.5 Å². The van der Waals surface area contributed by atoms with Gasteiger partial charge in [-0.3, -0.25) is 14.2 Å². The van der Waals surface area contributed by atoms with Crippen molar-refractivity contribution in [1.82, 2.24) is 9.55 Å². The molecule has 24 heavy (non-hydrogen) atoms. The maximum Gasteiger partial charge on any atom is 0.261 e. The second-order valence-corrected chi connectivity index (χ2v) is 5.59. The van der Waals surface area contributed by atoms with Gasteiger partial charge >= 0.3 is 0 Å². The van der Waals surface area contributed by atoms with Gasteiger partial charge < -0.3 is 5.32 Å². The van der Waals surface area contributed by atoms with Crippen LogP contribution >= 0.6 is 0 Å². The van der Waals surface area contributed by atoms with Gasteiger partial charge in [0.25, 0.3) is 5.56 Å². The van der Waals surface area contributed by atoms with Crippen molar-refractivity contribution in [3.05, 3.63) is 70.0 Å². The average Bonchev–Trinajstić information content (AvgIpc) is 2.53. The zero-order valence-corrected chi connectivity index (χ0v) is 13.3. The number of carbonyl (C=O) groups excluding carboxylic acids is 1. The Morgan fingerprint density at radius 2 is 1.92 bits per heavy atom. The highest BCUT2D eigenvalue weighted by Gasteiger charge is 2.10. The fraction of sp³-hybridized carbons (Fsp3) is 0.167. The quantitative estimate of drug-likeness (QED) is 0.805. The Morgan fingerprint density at radius 1 is 1.21 bits per heavy atom. The van der Waals surface area contributed by atoms with E-state index in [0.717, 1.165) is 5.56 Å². The molecule has 0 bridgehead atoms. The molecule has 0 aliphatic rings. The second kappa shape index (κ2) is 6.23. The molecule has 1 amide bonds. The Morgan fingerprint density at radius 3 is 2.58 bits per heavy atom. The van der Waals surface area contributed by atoms with Gasteiger partial charge in [0.15, 0.2) is 0 Å².